The average Bonchev–Trinajstić information content (AvgIpc) is 3.21. The van der Waals surface area contributed by atoms with Gasteiger partial charge in [-0.05, 0) is 57.0 Å². The molecule has 0 aliphatic carbocycles. The number of halogens is 3. The topological polar surface area (TPSA) is 69.0 Å². The lowest BCUT2D eigenvalue weighted by Gasteiger charge is -2.32. The minimum absolute atomic E-state index is 0.0425. The molecule has 0 N–H and O–H groups in total. The molecule has 1 saturated heterocycles. The Balaban J connectivity index is 1.57. The van der Waals surface area contributed by atoms with Crippen molar-refractivity contribution >= 4 is 11.6 Å². The van der Waals surface area contributed by atoms with Gasteiger partial charge in [-0.1, -0.05) is 0 Å². The molecule has 0 bridgehead atoms. The SMILES string of the molecule is COc1cc(C(=O)N2CCCC(c3nnc4ccc(C(F)(F)F)cn34)C2)ccc1OC(C)C. The van der Waals surface area contributed by atoms with E-state index in [2.05, 4.69) is 10.2 Å². The molecule has 10 heteroatoms. The van der Waals surface area contributed by atoms with Crippen LogP contribution in [-0.4, -0.2) is 51.7 Å². The first-order valence-corrected chi connectivity index (χ1v) is 10.7. The van der Waals surface area contributed by atoms with Crippen molar-refractivity contribution in [3.63, 3.8) is 0 Å². The number of nitrogens with zero attached hydrogens (tertiary/aromatic N) is 4. The first-order valence-electron chi connectivity index (χ1n) is 10.7. The summed E-state index contributed by atoms with van der Waals surface area (Å²) in [5, 5.41) is 8.16. The van der Waals surface area contributed by atoms with E-state index in [-0.39, 0.29) is 17.9 Å². The number of rotatable bonds is 5. The van der Waals surface area contributed by atoms with E-state index >= 15 is 0 Å². The Hall–Kier alpha value is -3.30. The number of hydrogen-bond acceptors (Lipinski definition) is 5. The van der Waals surface area contributed by atoms with Gasteiger partial charge in [0.25, 0.3) is 5.91 Å². The van der Waals surface area contributed by atoms with Crippen LogP contribution >= 0.6 is 0 Å². The highest BCUT2D eigenvalue weighted by molar-refractivity contribution is 5.95. The summed E-state index contributed by atoms with van der Waals surface area (Å²) in [7, 11) is 1.51. The number of methoxy groups -OCH3 is 1. The lowest BCUT2D eigenvalue weighted by atomic mass is 9.96. The Labute approximate surface area is 189 Å². The van der Waals surface area contributed by atoms with Gasteiger partial charge in [-0.2, -0.15) is 13.2 Å². The number of carbonyl (C=O) groups excluding carboxylic acids is 1. The van der Waals surface area contributed by atoms with Crippen molar-refractivity contribution in [2.45, 2.75) is 44.9 Å². The van der Waals surface area contributed by atoms with Gasteiger partial charge in [-0.25, -0.2) is 0 Å². The molecule has 3 heterocycles. The first-order chi connectivity index (χ1) is 15.7. The van der Waals surface area contributed by atoms with Crippen molar-refractivity contribution in [3.05, 3.63) is 53.5 Å². The van der Waals surface area contributed by atoms with Crippen molar-refractivity contribution < 1.29 is 27.4 Å². The van der Waals surface area contributed by atoms with Crippen molar-refractivity contribution in [3.8, 4) is 11.5 Å². The van der Waals surface area contributed by atoms with Crippen LogP contribution in [0.15, 0.2) is 36.5 Å². The maximum absolute atomic E-state index is 13.2. The molecule has 0 radical (unpaired) electrons. The summed E-state index contributed by atoms with van der Waals surface area (Å²) in [6.45, 7) is 4.69. The summed E-state index contributed by atoms with van der Waals surface area (Å²) in [6, 6.07) is 7.33. The van der Waals surface area contributed by atoms with Crippen LogP contribution in [0.25, 0.3) is 5.65 Å². The molecule has 7 nitrogen and oxygen atoms in total. The Kier molecular flexibility index (Phi) is 6.18. The predicted octanol–water partition coefficient (Wildman–Crippen LogP) is 4.56. The molecule has 1 aromatic carbocycles. The number of pyridine rings is 1. The van der Waals surface area contributed by atoms with Crippen LogP contribution in [0.2, 0.25) is 0 Å². The third kappa shape index (κ3) is 4.74. The molecule has 1 fully saturated rings. The molecular weight excluding hydrogens is 437 g/mol. The smallest absolute Gasteiger partial charge is 0.417 e. The van der Waals surface area contributed by atoms with Gasteiger partial charge in [-0.3, -0.25) is 9.20 Å². The van der Waals surface area contributed by atoms with Crippen molar-refractivity contribution in [1.82, 2.24) is 19.5 Å². The maximum Gasteiger partial charge on any atom is 0.417 e. The first kappa shape index (κ1) is 22.9. The van der Waals surface area contributed by atoms with E-state index in [1.165, 1.54) is 17.6 Å². The van der Waals surface area contributed by atoms with Crippen LogP contribution in [0.4, 0.5) is 13.2 Å². The largest absolute Gasteiger partial charge is 0.493 e. The maximum atomic E-state index is 13.2. The molecule has 1 aliphatic heterocycles. The van der Waals surface area contributed by atoms with E-state index in [1.54, 1.807) is 23.1 Å². The molecule has 1 atom stereocenters. The van der Waals surface area contributed by atoms with E-state index in [0.717, 1.165) is 12.3 Å². The lowest BCUT2D eigenvalue weighted by molar-refractivity contribution is -0.137. The zero-order valence-electron chi connectivity index (χ0n) is 18.6. The Morgan fingerprint density at radius 1 is 1.15 bits per heavy atom. The normalized spacial score (nSPS) is 16.9. The third-order valence-corrected chi connectivity index (χ3v) is 5.60. The molecule has 176 valence electrons. The van der Waals surface area contributed by atoms with Crippen LogP contribution in [0.5, 0.6) is 11.5 Å². The van der Waals surface area contributed by atoms with E-state index in [1.807, 2.05) is 13.8 Å². The standard InChI is InChI=1S/C23H25F3N4O3/c1-14(2)33-18-8-6-15(11-19(18)32-3)22(31)29-10-4-5-16(12-29)21-28-27-20-9-7-17(13-30(20)21)23(24,25)26/h6-9,11,13-14,16H,4-5,10,12H2,1-3H3. The van der Waals surface area contributed by atoms with Gasteiger partial charge in [0.1, 0.15) is 5.82 Å². The van der Waals surface area contributed by atoms with Gasteiger partial charge in [0.15, 0.2) is 17.1 Å². The van der Waals surface area contributed by atoms with Gasteiger partial charge in [0.2, 0.25) is 0 Å². The van der Waals surface area contributed by atoms with Gasteiger partial charge in [-0.15, -0.1) is 10.2 Å². The van der Waals surface area contributed by atoms with Crippen molar-refractivity contribution in [2.75, 3.05) is 20.2 Å². The van der Waals surface area contributed by atoms with Crippen LogP contribution in [0.3, 0.4) is 0 Å². The molecule has 2 aromatic heterocycles. The second-order valence-electron chi connectivity index (χ2n) is 8.32. The summed E-state index contributed by atoms with van der Waals surface area (Å²) >= 11 is 0. The second kappa shape index (κ2) is 8.92. The predicted molar refractivity (Wildman–Crippen MR) is 115 cm³/mol. The molecule has 3 aromatic rings. The van der Waals surface area contributed by atoms with Crippen LogP contribution in [0.1, 0.15) is 54.4 Å². The van der Waals surface area contributed by atoms with Crippen molar-refractivity contribution in [2.24, 2.45) is 0 Å². The van der Waals surface area contributed by atoms with E-state index in [9.17, 15) is 18.0 Å². The number of aromatic nitrogens is 3. The highest BCUT2D eigenvalue weighted by Crippen LogP contribution is 2.33. The number of ether oxygens (including phenoxy) is 2. The zero-order chi connectivity index (χ0) is 23.8. The molecule has 0 saturated carbocycles. The summed E-state index contributed by atoms with van der Waals surface area (Å²) in [5.74, 6) is 1.03. The number of alkyl halides is 3. The van der Waals surface area contributed by atoms with Gasteiger partial charge >= 0.3 is 6.18 Å². The second-order valence-corrected chi connectivity index (χ2v) is 8.32. The van der Waals surface area contributed by atoms with Gasteiger partial charge in [0.05, 0.1) is 18.8 Å². The number of likely N-dealkylation sites (tertiary alicyclic amines) is 1. The highest BCUT2D eigenvalue weighted by Gasteiger charge is 2.33. The molecule has 33 heavy (non-hydrogen) atoms. The Morgan fingerprint density at radius 3 is 2.64 bits per heavy atom. The summed E-state index contributed by atoms with van der Waals surface area (Å²) in [4.78, 5) is 14.9. The fourth-order valence-corrected chi connectivity index (χ4v) is 4.06. The van der Waals surface area contributed by atoms with Gasteiger partial charge < -0.3 is 14.4 Å². The molecule has 4 rings (SSSR count). The number of carbonyl (C=O) groups is 1. The van der Waals surface area contributed by atoms with E-state index in [4.69, 9.17) is 9.47 Å². The van der Waals surface area contributed by atoms with Crippen LogP contribution in [-0.2, 0) is 6.18 Å². The van der Waals surface area contributed by atoms with Crippen molar-refractivity contribution in [1.29, 1.82) is 0 Å². The molecule has 0 spiro atoms. The van der Waals surface area contributed by atoms with Crippen LogP contribution in [0, 0.1) is 0 Å². The Bertz CT molecular complexity index is 1160. The summed E-state index contributed by atoms with van der Waals surface area (Å²) in [6.07, 6.45) is -2.08. The Morgan fingerprint density at radius 2 is 1.94 bits per heavy atom. The molecule has 1 amide bonds. The number of amides is 1. The molecule has 1 aliphatic rings. The zero-order valence-corrected chi connectivity index (χ0v) is 18.6. The highest BCUT2D eigenvalue weighted by atomic mass is 19.4. The number of piperidine rings is 1. The average molecular weight is 462 g/mol. The number of benzene rings is 1. The van der Waals surface area contributed by atoms with Gasteiger partial charge in [0, 0.05) is 30.8 Å². The minimum Gasteiger partial charge on any atom is -0.493 e. The quantitative estimate of drug-likeness (QED) is 0.556. The number of hydrogen-bond donors (Lipinski definition) is 0. The minimum atomic E-state index is -4.46. The van der Waals surface area contributed by atoms with E-state index < -0.39 is 11.7 Å². The lowest BCUT2D eigenvalue weighted by Crippen LogP contribution is -2.39. The summed E-state index contributed by atoms with van der Waals surface area (Å²) in [5.41, 5.74) is 0.0246. The molecule has 1 unspecified atom stereocenters. The number of fused-ring (bicyclic) bond motifs is 1. The monoisotopic (exact) mass is 462 g/mol. The fourth-order valence-electron chi connectivity index (χ4n) is 4.06. The summed E-state index contributed by atoms with van der Waals surface area (Å²) < 4.78 is 52.0. The van der Waals surface area contributed by atoms with E-state index in [0.29, 0.717) is 54.5 Å². The third-order valence-electron chi connectivity index (χ3n) is 5.60. The van der Waals surface area contributed by atoms with Crippen LogP contribution < -0.4 is 9.47 Å². The molecular formula is C23H25F3N4O3. The fraction of sp³-hybridized carbons (Fsp3) is 0.435.